The van der Waals surface area contributed by atoms with Crippen LogP contribution in [0.5, 0.6) is 0 Å². The van der Waals surface area contributed by atoms with E-state index in [1.165, 1.54) is 28.7 Å². The zero-order valence-electron chi connectivity index (χ0n) is 16.3. The Bertz CT molecular complexity index is 977. The second-order valence-corrected chi connectivity index (χ2v) is 7.86. The summed E-state index contributed by atoms with van der Waals surface area (Å²) in [5.41, 5.74) is 4.23. The molecule has 6 nitrogen and oxygen atoms in total. The van der Waals surface area contributed by atoms with Crippen molar-refractivity contribution in [2.75, 3.05) is 5.32 Å². The molecule has 0 saturated carbocycles. The van der Waals surface area contributed by atoms with Crippen LogP contribution in [0.15, 0.2) is 46.4 Å². The lowest BCUT2D eigenvalue weighted by molar-refractivity contribution is -0.118. The van der Waals surface area contributed by atoms with E-state index in [9.17, 15) is 9.59 Å². The molecule has 2 aromatic heterocycles. The first-order valence-corrected chi connectivity index (χ1v) is 9.91. The molecule has 0 radical (unpaired) electrons. The number of furan rings is 1. The van der Waals surface area contributed by atoms with Crippen molar-refractivity contribution < 1.29 is 14.0 Å². The van der Waals surface area contributed by atoms with Crippen molar-refractivity contribution in [3.05, 3.63) is 58.9 Å². The fourth-order valence-corrected chi connectivity index (χ4v) is 3.43. The lowest BCUT2D eigenvalue weighted by atomic mass is 10.0. The van der Waals surface area contributed by atoms with E-state index < -0.39 is 11.9 Å². The van der Waals surface area contributed by atoms with Crippen molar-refractivity contribution in [2.45, 2.75) is 33.7 Å². The Morgan fingerprint density at radius 2 is 1.93 bits per heavy atom. The molecule has 0 spiro atoms. The highest BCUT2D eigenvalue weighted by molar-refractivity contribution is 7.14. The van der Waals surface area contributed by atoms with Gasteiger partial charge in [-0.25, -0.2) is 4.98 Å². The Kier molecular flexibility index (Phi) is 5.94. The van der Waals surface area contributed by atoms with Gasteiger partial charge in [-0.15, -0.1) is 11.3 Å². The number of amides is 2. The van der Waals surface area contributed by atoms with Crippen LogP contribution in [0.3, 0.4) is 0 Å². The number of benzene rings is 1. The molecule has 0 aliphatic heterocycles. The molecule has 0 fully saturated rings. The Morgan fingerprint density at radius 3 is 2.57 bits per heavy atom. The second-order valence-electron chi connectivity index (χ2n) is 7.00. The molecule has 3 rings (SSSR count). The smallest absolute Gasteiger partial charge is 0.287 e. The Morgan fingerprint density at radius 1 is 1.14 bits per heavy atom. The molecule has 2 heterocycles. The van der Waals surface area contributed by atoms with E-state index in [4.69, 9.17) is 4.42 Å². The first-order chi connectivity index (χ1) is 13.3. The minimum atomic E-state index is -0.702. The van der Waals surface area contributed by atoms with E-state index in [-0.39, 0.29) is 17.6 Å². The third-order valence-corrected chi connectivity index (χ3v) is 5.28. The van der Waals surface area contributed by atoms with Crippen LogP contribution >= 0.6 is 11.3 Å². The van der Waals surface area contributed by atoms with Gasteiger partial charge in [-0.05, 0) is 49.1 Å². The average molecular weight is 398 g/mol. The van der Waals surface area contributed by atoms with Crippen molar-refractivity contribution in [1.82, 2.24) is 10.3 Å². The van der Waals surface area contributed by atoms with Gasteiger partial charge in [0.1, 0.15) is 6.04 Å². The van der Waals surface area contributed by atoms with Crippen LogP contribution in [0.2, 0.25) is 0 Å². The van der Waals surface area contributed by atoms with Gasteiger partial charge in [-0.2, -0.15) is 0 Å². The highest BCUT2D eigenvalue weighted by Crippen LogP contribution is 2.26. The van der Waals surface area contributed by atoms with Gasteiger partial charge in [0.05, 0.1) is 12.0 Å². The molecule has 0 aliphatic rings. The highest BCUT2D eigenvalue weighted by atomic mass is 32.1. The summed E-state index contributed by atoms with van der Waals surface area (Å²) in [6.07, 6.45) is 1.42. The number of nitrogens with zero attached hydrogens (tertiary/aromatic N) is 1. The van der Waals surface area contributed by atoms with Gasteiger partial charge in [0.2, 0.25) is 5.91 Å². The average Bonchev–Trinajstić information content (AvgIpc) is 3.33. The maximum atomic E-state index is 12.7. The Hall–Kier alpha value is -2.93. The molecule has 28 heavy (non-hydrogen) atoms. The van der Waals surface area contributed by atoms with E-state index in [1.807, 2.05) is 25.3 Å². The molecular weight excluding hydrogens is 374 g/mol. The summed E-state index contributed by atoms with van der Waals surface area (Å²) in [6, 6.07) is 8.64. The van der Waals surface area contributed by atoms with Gasteiger partial charge in [0, 0.05) is 10.9 Å². The normalized spacial score (nSPS) is 12.0. The number of carbonyl (C=O) groups is 2. The van der Waals surface area contributed by atoms with Crippen molar-refractivity contribution in [3.8, 4) is 11.3 Å². The summed E-state index contributed by atoms with van der Waals surface area (Å²) in [5.74, 6) is -0.660. The number of aromatic nitrogens is 1. The van der Waals surface area contributed by atoms with Crippen molar-refractivity contribution in [2.24, 2.45) is 5.92 Å². The van der Waals surface area contributed by atoms with E-state index in [0.717, 1.165) is 11.3 Å². The number of nitrogens with one attached hydrogen (secondary N) is 2. The molecule has 7 heteroatoms. The molecular formula is C21H23N3O3S. The summed E-state index contributed by atoms with van der Waals surface area (Å²) in [7, 11) is 0. The number of rotatable bonds is 6. The van der Waals surface area contributed by atoms with Crippen LogP contribution in [-0.2, 0) is 4.79 Å². The first kappa shape index (κ1) is 19.8. The van der Waals surface area contributed by atoms with Crippen LogP contribution < -0.4 is 10.6 Å². The van der Waals surface area contributed by atoms with Crippen molar-refractivity contribution >= 4 is 28.3 Å². The third kappa shape index (κ3) is 4.48. The second kappa shape index (κ2) is 8.39. The van der Waals surface area contributed by atoms with Gasteiger partial charge >= 0.3 is 0 Å². The molecule has 0 bridgehead atoms. The molecule has 0 aliphatic carbocycles. The van der Waals surface area contributed by atoms with E-state index in [2.05, 4.69) is 41.6 Å². The number of hydrogen-bond donors (Lipinski definition) is 2. The molecule has 0 unspecified atom stereocenters. The zero-order valence-corrected chi connectivity index (χ0v) is 17.1. The van der Waals surface area contributed by atoms with Gasteiger partial charge in [-0.3, -0.25) is 9.59 Å². The van der Waals surface area contributed by atoms with E-state index >= 15 is 0 Å². The maximum Gasteiger partial charge on any atom is 0.287 e. The van der Waals surface area contributed by atoms with Crippen LogP contribution in [0.4, 0.5) is 5.13 Å². The molecule has 0 saturated heterocycles. The number of aryl methyl sites for hydroxylation is 2. The van der Waals surface area contributed by atoms with Gasteiger partial charge in [-0.1, -0.05) is 26.0 Å². The predicted octanol–water partition coefficient (Wildman–Crippen LogP) is 4.41. The molecule has 146 valence electrons. The first-order valence-electron chi connectivity index (χ1n) is 9.03. The Labute approximate surface area is 168 Å². The highest BCUT2D eigenvalue weighted by Gasteiger charge is 2.26. The summed E-state index contributed by atoms with van der Waals surface area (Å²) >= 11 is 1.35. The number of carbonyl (C=O) groups excluding carboxylic acids is 2. The van der Waals surface area contributed by atoms with E-state index in [1.54, 1.807) is 12.1 Å². The standard InChI is InChI=1S/C21H23N3O3S/c1-12(2)18(23-19(25)17-6-5-9-27-17)20(26)24-21-22-16(11-28-21)15-8-7-13(3)14(4)10-15/h5-12,18H,1-4H3,(H,23,25)(H,22,24,26)/t18-/m0/s1. The molecule has 1 atom stereocenters. The summed E-state index contributed by atoms with van der Waals surface area (Å²) in [6.45, 7) is 7.86. The fourth-order valence-electron chi connectivity index (χ4n) is 2.70. The number of anilines is 1. The van der Waals surface area contributed by atoms with Gasteiger partial charge in [0.15, 0.2) is 10.9 Å². The van der Waals surface area contributed by atoms with Crippen molar-refractivity contribution in [3.63, 3.8) is 0 Å². The van der Waals surface area contributed by atoms with Gasteiger partial charge in [0.25, 0.3) is 5.91 Å². The van der Waals surface area contributed by atoms with Crippen LogP contribution in [0.1, 0.15) is 35.5 Å². The van der Waals surface area contributed by atoms with E-state index in [0.29, 0.717) is 5.13 Å². The third-order valence-electron chi connectivity index (χ3n) is 4.52. The summed E-state index contributed by atoms with van der Waals surface area (Å²) < 4.78 is 5.09. The number of hydrogen-bond acceptors (Lipinski definition) is 5. The van der Waals surface area contributed by atoms with Crippen molar-refractivity contribution in [1.29, 1.82) is 0 Å². The van der Waals surface area contributed by atoms with Crippen LogP contribution in [0, 0.1) is 19.8 Å². The topological polar surface area (TPSA) is 84.2 Å². The monoisotopic (exact) mass is 397 g/mol. The maximum absolute atomic E-state index is 12.7. The summed E-state index contributed by atoms with van der Waals surface area (Å²) in [4.78, 5) is 29.5. The molecule has 3 aromatic rings. The number of thiazole rings is 1. The summed E-state index contributed by atoms with van der Waals surface area (Å²) in [5, 5.41) is 7.94. The van der Waals surface area contributed by atoms with Gasteiger partial charge < -0.3 is 15.1 Å². The van der Waals surface area contributed by atoms with Crippen LogP contribution in [0.25, 0.3) is 11.3 Å². The largest absolute Gasteiger partial charge is 0.459 e. The SMILES string of the molecule is Cc1ccc(-c2csc(NC(=O)[C@@H](NC(=O)c3ccco3)C(C)C)n2)cc1C. The quantitative estimate of drug-likeness (QED) is 0.645. The predicted molar refractivity (Wildman–Crippen MR) is 110 cm³/mol. The zero-order chi connectivity index (χ0) is 20.3. The molecule has 2 amide bonds. The fraction of sp³-hybridized carbons (Fsp3) is 0.286. The van der Waals surface area contributed by atoms with Crippen LogP contribution in [-0.4, -0.2) is 22.8 Å². The lowest BCUT2D eigenvalue weighted by Crippen LogP contribution is -2.47. The minimum Gasteiger partial charge on any atom is -0.459 e. The molecule has 1 aromatic carbocycles. The minimum absolute atomic E-state index is 0.0990. The Balaban J connectivity index is 1.71. The lowest BCUT2D eigenvalue weighted by Gasteiger charge is -2.20. The molecule has 2 N–H and O–H groups in total.